The summed E-state index contributed by atoms with van der Waals surface area (Å²) in [6, 6.07) is 14.0. The van der Waals surface area contributed by atoms with Crippen molar-refractivity contribution in [1.29, 1.82) is 0 Å². The van der Waals surface area contributed by atoms with Gasteiger partial charge >= 0.3 is 0 Å². The molecule has 0 spiro atoms. The summed E-state index contributed by atoms with van der Waals surface area (Å²) in [5, 5.41) is 2.09. The molecule has 0 bridgehead atoms. The second kappa shape index (κ2) is 6.40. The Labute approximate surface area is 140 Å². The van der Waals surface area contributed by atoms with E-state index in [1.807, 2.05) is 41.3 Å². The van der Waals surface area contributed by atoms with Crippen LogP contribution in [0.5, 0.6) is 5.75 Å². The van der Waals surface area contributed by atoms with Gasteiger partial charge in [0.2, 0.25) is 0 Å². The minimum atomic E-state index is 0.0653. The lowest BCUT2D eigenvalue weighted by atomic mass is 9.99. The van der Waals surface area contributed by atoms with E-state index in [9.17, 15) is 4.79 Å². The number of nitrogens with zero attached hydrogens (tertiary/aromatic N) is 1. The highest BCUT2D eigenvalue weighted by Gasteiger charge is 2.18. The first-order valence-electron chi connectivity index (χ1n) is 8.28. The van der Waals surface area contributed by atoms with E-state index in [2.05, 4.69) is 6.07 Å². The van der Waals surface area contributed by atoms with Crippen LogP contribution < -0.4 is 4.74 Å². The van der Waals surface area contributed by atoms with Gasteiger partial charge in [-0.15, -0.1) is 0 Å². The van der Waals surface area contributed by atoms with Gasteiger partial charge in [-0.2, -0.15) is 0 Å². The number of fused-ring (bicyclic) bond motifs is 1. The molecule has 4 rings (SSSR count). The first kappa shape index (κ1) is 14.8. The third kappa shape index (κ3) is 2.75. The molecule has 0 radical (unpaired) electrons. The summed E-state index contributed by atoms with van der Waals surface area (Å²) in [7, 11) is 0. The molecule has 24 heavy (non-hydrogen) atoms. The Morgan fingerprint density at radius 3 is 2.58 bits per heavy atom. The van der Waals surface area contributed by atoms with Crippen LogP contribution in [0.25, 0.3) is 21.9 Å². The predicted octanol–water partition coefficient (Wildman–Crippen LogP) is 4.10. The number of furan rings is 1. The fraction of sp³-hybridized carbons (Fsp3) is 0.250. The molecule has 0 aliphatic carbocycles. The summed E-state index contributed by atoms with van der Waals surface area (Å²) in [5.41, 5.74) is 2.13. The van der Waals surface area contributed by atoms with E-state index < -0.39 is 0 Å². The van der Waals surface area contributed by atoms with Crippen LogP contribution >= 0.6 is 0 Å². The van der Waals surface area contributed by atoms with E-state index in [4.69, 9.17) is 9.15 Å². The lowest BCUT2D eigenvalue weighted by Crippen LogP contribution is -2.32. The van der Waals surface area contributed by atoms with Crippen LogP contribution in [-0.2, 0) is 4.79 Å². The Balaban J connectivity index is 1.62. The molecule has 0 N–H and O–H groups in total. The second-order valence-electron chi connectivity index (χ2n) is 6.05. The summed E-state index contributed by atoms with van der Waals surface area (Å²) in [4.78, 5) is 14.1. The second-order valence-corrected chi connectivity index (χ2v) is 6.05. The Bertz CT molecular complexity index is 848. The summed E-state index contributed by atoms with van der Waals surface area (Å²) >= 11 is 0. The van der Waals surface area contributed by atoms with Gasteiger partial charge in [0, 0.05) is 24.0 Å². The van der Waals surface area contributed by atoms with Crippen molar-refractivity contribution in [3.8, 4) is 16.9 Å². The van der Waals surface area contributed by atoms with Crippen molar-refractivity contribution in [2.24, 2.45) is 0 Å². The first-order chi connectivity index (χ1) is 11.8. The molecule has 1 saturated heterocycles. The molecule has 0 atom stereocenters. The van der Waals surface area contributed by atoms with Crippen LogP contribution in [0.15, 0.2) is 59.4 Å². The van der Waals surface area contributed by atoms with Crippen LogP contribution in [0.2, 0.25) is 0 Å². The number of rotatable bonds is 4. The molecule has 2 aromatic carbocycles. The van der Waals surface area contributed by atoms with E-state index >= 15 is 0 Å². The van der Waals surface area contributed by atoms with Gasteiger partial charge in [0.15, 0.2) is 6.61 Å². The van der Waals surface area contributed by atoms with Crippen molar-refractivity contribution in [3.63, 3.8) is 0 Å². The van der Waals surface area contributed by atoms with Crippen molar-refractivity contribution in [2.45, 2.75) is 12.8 Å². The first-order valence-corrected chi connectivity index (χ1v) is 8.28. The van der Waals surface area contributed by atoms with E-state index in [1.54, 1.807) is 12.5 Å². The quantitative estimate of drug-likeness (QED) is 0.726. The maximum absolute atomic E-state index is 12.2. The highest BCUT2D eigenvalue weighted by atomic mass is 16.5. The van der Waals surface area contributed by atoms with E-state index in [0.717, 1.165) is 53.6 Å². The van der Waals surface area contributed by atoms with Gasteiger partial charge in [0.05, 0.1) is 12.5 Å². The zero-order valence-corrected chi connectivity index (χ0v) is 13.4. The maximum Gasteiger partial charge on any atom is 0.260 e. The largest absolute Gasteiger partial charge is 0.483 e. The maximum atomic E-state index is 12.2. The molecule has 1 aliphatic rings. The zero-order valence-electron chi connectivity index (χ0n) is 13.4. The number of carbonyl (C=O) groups excluding carboxylic acids is 1. The lowest BCUT2D eigenvalue weighted by molar-refractivity contribution is -0.132. The number of amides is 1. The number of benzene rings is 2. The molecule has 4 heteroatoms. The third-order valence-electron chi connectivity index (χ3n) is 4.53. The molecule has 1 aliphatic heterocycles. The average Bonchev–Trinajstić information content (AvgIpc) is 3.32. The van der Waals surface area contributed by atoms with Crippen LogP contribution in [0.4, 0.5) is 0 Å². The van der Waals surface area contributed by atoms with Gasteiger partial charge in [0.25, 0.3) is 5.91 Å². The number of likely N-dealkylation sites (tertiary alicyclic amines) is 1. The molecule has 0 saturated carbocycles. The Morgan fingerprint density at radius 1 is 1.04 bits per heavy atom. The van der Waals surface area contributed by atoms with Crippen molar-refractivity contribution in [2.75, 3.05) is 19.7 Å². The Morgan fingerprint density at radius 2 is 1.83 bits per heavy atom. The molecule has 4 nitrogen and oxygen atoms in total. The number of ether oxygens (including phenoxy) is 1. The molecule has 122 valence electrons. The topological polar surface area (TPSA) is 42.7 Å². The highest BCUT2D eigenvalue weighted by Crippen LogP contribution is 2.34. The Hall–Kier alpha value is -2.75. The van der Waals surface area contributed by atoms with Crippen LogP contribution in [-0.4, -0.2) is 30.5 Å². The van der Waals surface area contributed by atoms with Gasteiger partial charge in [-0.3, -0.25) is 4.79 Å². The molecule has 1 amide bonds. The average molecular weight is 321 g/mol. The highest BCUT2D eigenvalue weighted by molar-refractivity contribution is 6.00. The SMILES string of the molecule is O=C(COc1ccc(-c2ccoc2)c2ccccc12)N1CCCC1. The van der Waals surface area contributed by atoms with E-state index in [0.29, 0.717) is 0 Å². The normalized spacial score (nSPS) is 14.2. The van der Waals surface area contributed by atoms with Crippen LogP contribution in [0, 0.1) is 0 Å². The summed E-state index contributed by atoms with van der Waals surface area (Å²) in [6.45, 7) is 1.79. The zero-order chi connectivity index (χ0) is 16.4. The minimum Gasteiger partial charge on any atom is -0.483 e. The predicted molar refractivity (Wildman–Crippen MR) is 93.0 cm³/mol. The van der Waals surface area contributed by atoms with E-state index in [1.165, 1.54) is 0 Å². The fourth-order valence-electron chi connectivity index (χ4n) is 3.26. The molecule has 1 fully saturated rings. The van der Waals surface area contributed by atoms with Crippen molar-refractivity contribution in [3.05, 3.63) is 55.0 Å². The van der Waals surface area contributed by atoms with Gasteiger partial charge in [-0.1, -0.05) is 24.3 Å². The van der Waals surface area contributed by atoms with Gasteiger partial charge in [-0.25, -0.2) is 0 Å². The number of carbonyl (C=O) groups is 1. The third-order valence-corrected chi connectivity index (χ3v) is 4.53. The summed E-state index contributed by atoms with van der Waals surface area (Å²) in [5.74, 6) is 0.806. The van der Waals surface area contributed by atoms with Crippen LogP contribution in [0.3, 0.4) is 0 Å². The van der Waals surface area contributed by atoms with Crippen LogP contribution in [0.1, 0.15) is 12.8 Å². The molecule has 2 heterocycles. The number of hydrogen-bond acceptors (Lipinski definition) is 3. The molecular formula is C20H19NO3. The molecule has 0 unspecified atom stereocenters. The number of hydrogen-bond donors (Lipinski definition) is 0. The van der Waals surface area contributed by atoms with E-state index in [-0.39, 0.29) is 12.5 Å². The Kier molecular flexibility index (Phi) is 3.95. The standard InChI is InChI=1S/C20H19NO3/c22-20(21-10-3-4-11-21)14-24-19-8-7-16(15-9-12-23-13-15)17-5-1-2-6-18(17)19/h1-2,5-9,12-13H,3-4,10-11,14H2. The lowest BCUT2D eigenvalue weighted by Gasteiger charge is -2.16. The summed E-state index contributed by atoms with van der Waals surface area (Å²) < 4.78 is 11.1. The molecule has 3 aromatic rings. The fourth-order valence-corrected chi connectivity index (χ4v) is 3.26. The molecular weight excluding hydrogens is 302 g/mol. The van der Waals surface area contributed by atoms with Crippen molar-refractivity contribution < 1.29 is 13.9 Å². The smallest absolute Gasteiger partial charge is 0.260 e. The monoisotopic (exact) mass is 321 g/mol. The summed E-state index contributed by atoms with van der Waals surface area (Å²) in [6.07, 6.45) is 5.59. The van der Waals surface area contributed by atoms with Crippen molar-refractivity contribution >= 4 is 16.7 Å². The minimum absolute atomic E-state index is 0.0653. The van der Waals surface area contributed by atoms with Crippen molar-refractivity contribution in [1.82, 2.24) is 4.90 Å². The molecule has 1 aromatic heterocycles. The van der Waals surface area contributed by atoms with Gasteiger partial charge < -0.3 is 14.1 Å². The van der Waals surface area contributed by atoms with Gasteiger partial charge in [-0.05, 0) is 42.0 Å². The van der Waals surface area contributed by atoms with Gasteiger partial charge in [0.1, 0.15) is 5.75 Å².